The Hall–Kier alpha value is -2.43. The Balaban J connectivity index is 1.84. The number of alkyl carbamates (subject to hydrolysis) is 1. The van der Waals surface area contributed by atoms with E-state index in [9.17, 15) is 24.3 Å². The predicted octanol–water partition coefficient (Wildman–Crippen LogP) is 4.06. The lowest BCUT2D eigenvalue weighted by Gasteiger charge is -2.31. The summed E-state index contributed by atoms with van der Waals surface area (Å²) < 4.78 is 4.93. The third-order valence-electron chi connectivity index (χ3n) is 5.68. The second-order valence-electron chi connectivity index (χ2n) is 8.19. The number of carboxylic acids is 1. The van der Waals surface area contributed by atoms with Crippen molar-refractivity contribution in [1.82, 2.24) is 15.5 Å². The molecule has 0 bridgehead atoms. The van der Waals surface area contributed by atoms with Crippen LogP contribution in [0.15, 0.2) is 23.1 Å². The quantitative estimate of drug-likeness (QED) is 0.212. The van der Waals surface area contributed by atoms with Gasteiger partial charge in [-0.25, -0.2) is 9.59 Å². The van der Waals surface area contributed by atoms with Crippen LogP contribution in [0.1, 0.15) is 38.2 Å². The largest absolute Gasteiger partial charge is 0.480 e. The second-order valence-corrected chi connectivity index (χ2v) is 9.79. The van der Waals surface area contributed by atoms with E-state index in [1.807, 2.05) is 19.2 Å². The highest BCUT2D eigenvalue weighted by Gasteiger charge is 2.30. The monoisotopic (exact) mass is 559 g/mol. The molecular formula is C24H31Cl2N3O6S. The average Bonchev–Trinajstić information content (AvgIpc) is 2.87. The fourth-order valence-corrected chi connectivity index (χ4v) is 4.67. The van der Waals surface area contributed by atoms with Crippen molar-refractivity contribution >= 4 is 64.9 Å². The molecule has 0 saturated carbocycles. The van der Waals surface area contributed by atoms with Gasteiger partial charge in [-0.15, -0.1) is 11.8 Å². The smallest absolute Gasteiger partial charge is 0.407 e. The lowest BCUT2D eigenvalue weighted by atomic mass is 9.95. The number of carbonyl (C=O) groups excluding carboxylic acids is 3. The first-order valence-electron chi connectivity index (χ1n) is 11.6. The lowest BCUT2D eigenvalue weighted by Crippen LogP contribution is -2.51. The molecule has 1 aliphatic heterocycles. The third kappa shape index (κ3) is 8.90. The summed E-state index contributed by atoms with van der Waals surface area (Å²) in [6.07, 6.45) is 6.53. The summed E-state index contributed by atoms with van der Waals surface area (Å²) in [5.41, 5.74) is 0.629. The van der Waals surface area contributed by atoms with Crippen LogP contribution in [-0.4, -0.2) is 72.4 Å². The highest BCUT2D eigenvalue weighted by Crippen LogP contribution is 2.35. The van der Waals surface area contributed by atoms with Crippen molar-refractivity contribution in [1.29, 1.82) is 0 Å². The minimum absolute atomic E-state index is 0.218. The first-order chi connectivity index (χ1) is 17.2. The molecule has 12 heteroatoms. The zero-order valence-corrected chi connectivity index (χ0v) is 22.5. The number of rotatable bonds is 11. The molecule has 1 heterocycles. The summed E-state index contributed by atoms with van der Waals surface area (Å²) in [4.78, 5) is 50.8. The van der Waals surface area contributed by atoms with Crippen LogP contribution in [0.5, 0.6) is 0 Å². The summed E-state index contributed by atoms with van der Waals surface area (Å²) in [6, 6.07) is 2.34. The molecule has 2 rings (SSSR count). The van der Waals surface area contributed by atoms with E-state index in [1.54, 1.807) is 17.0 Å². The second kappa shape index (κ2) is 15.0. The molecule has 0 aliphatic carbocycles. The first kappa shape index (κ1) is 29.8. The van der Waals surface area contributed by atoms with Crippen LogP contribution in [0.4, 0.5) is 4.79 Å². The maximum Gasteiger partial charge on any atom is 0.407 e. The predicted molar refractivity (Wildman–Crippen MR) is 140 cm³/mol. The number of carboxylic acid groups (broad SMARTS) is 1. The molecule has 1 saturated heterocycles. The Morgan fingerprint density at radius 1 is 1.22 bits per heavy atom. The number of nitrogens with one attached hydrogen (secondary N) is 2. The van der Waals surface area contributed by atoms with Crippen molar-refractivity contribution in [2.24, 2.45) is 5.92 Å². The fraction of sp³-hybridized carbons (Fsp3) is 0.500. The SMILES string of the molecule is CCCCOC(=O)NCC(NC(=O)C1CCN(C(=O)C=Cc2ccc(SC)c(Cl)c2Cl)CC1)C(=O)O. The van der Waals surface area contributed by atoms with Crippen LogP contribution >= 0.6 is 35.0 Å². The topological polar surface area (TPSA) is 125 Å². The van der Waals surface area contributed by atoms with Crippen LogP contribution in [0.3, 0.4) is 0 Å². The van der Waals surface area contributed by atoms with Crippen molar-refractivity contribution in [2.75, 3.05) is 32.5 Å². The molecule has 1 aromatic rings. The van der Waals surface area contributed by atoms with E-state index in [1.165, 1.54) is 17.8 Å². The van der Waals surface area contributed by atoms with E-state index in [2.05, 4.69) is 10.6 Å². The van der Waals surface area contributed by atoms with Gasteiger partial charge in [-0.1, -0.05) is 42.6 Å². The number of hydrogen-bond donors (Lipinski definition) is 3. The van der Waals surface area contributed by atoms with Crippen molar-refractivity contribution in [2.45, 2.75) is 43.5 Å². The molecule has 0 aromatic heterocycles. The number of amides is 3. The third-order valence-corrected chi connectivity index (χ3v) is 7.46. The number of aliphatic carboxylic acids is 1. The fourth-order valence-electron chi connectivity index (χ4n) is 3.50. The molecule has 1 atom stereocenters. The molecule has 198 valence electrons. The molecule has 1 fully saturated rings. The zero-order chi connectivity index (χ0) is 26.7. The number of nitrogens with zero attached hydrogens (tertiary/aromatic N) is 1. The van der Waals surface area contributed by atoms with E-state index < -0.39 is 29.9 Å². The van der Waals surface area contributed by atoms with Gasteiger partial charge in [0, 0.05) is 30.0 Å². The number of piperidine rings is 1. The maximum atomic E-state index is 12.6. The van der Waals surface area contributed by atoms with Crippen LogP contribution in [0, 0.1) is 5.92 Å². The van der Waals surface area contributed by atoms with E-state index in [4.69, 9.17) is 27.9 Å². The molecule has 3 N–H and O–H groups in total. The van der Waals surface area contributed by atoms with Gasteiger partial charge < -0.3 is 25.4 Å². The van der Waals surface area contributed by atoms with Crippen molar-refractivity contribution in [3.8, 4) is 0 Å². The van der Waals surface area contributed by atoms with Crippen molar-refractivity contribution in [3.63, 3.8) is 0 Å². The van der Waals surface area contributed by atoms with Crippen LogP contribution in [-0.2, 0) is 19.1 Å². The Morgan fingerprint density at radius 2 is 1.92 bits per heavy atom. The summed E-state index contributed by atoms with van der Waals surface area (Å²) in [5, 5.41) is 15.0. The first-order valence-corrected chi connectivity index (χ1v) is 13.6. The van der Waals surface area contributed by atoms with Gasteiger partial charge in [0.2, 0.25) is 11.8 Å². The molecular weight excluding hydrogens is 529 g/mol. The number of benzene rings is 1. The van der Waals surface area contributed by atoms with E-state index in [0.29, 0.717) is 48.0 Å². The van der Waals surface area contributed by atoms with Crippen LogP contribution in [0.2, 0.25) is 10.0 Å². The summed E-state index contributed by atoms with van der Waals surface area (Å²) in [7, 11) is 0. The molecule has 0 radical (unpaired) electrons. The highest BCUT2D eigenvalue weighted by atomic mass is 35.5. The van der Waals surface area contributed by atoms with E-state index in [0.717, 1.165) is 11.3 Å². The number of ether oxygens (including phenoxy) is 1. The van der Waals surface area contributed by atoms with Crippen LogP contribution < -0.4 is 10.6 Å². The number of halogens is 2. The molecule has 9 nitrogen and oxygen atoms in total. The van der Waals surface area contributed by atoms with Crippen molar-refractivity contribution < 1.29 is 29.0 Å². The van der Waals surface area contributed by atoms with E-state index in [-0.39, 0.29) is 19.1 Å². The van der Waals surface area contributed by atoms with Gasteiger partial charge >= 0.3 is 12.1 Å². The molecule has 0 spiro atoms. The van der Waals surface area contributed by atoms with Gasteiger partial charge in [-0.05, 0) is 43.2 Å². The normalized spacial score (nSPS) is 14.9. The molecule has 1 aromatic carbocycles. The lowest BCUT2D eigenvalue weighted by molar-refractivity contribution is -0.142. The number of hydrogen-bond acceptors (Lipinski definition) is 6. The highest BCUT2D eigenvalue weighted by molar-refractivity contribution is 7.98. The van der Waals surface area contributed by atoms with E-state index >= 15 is 0 Å². The van der Waals surface area contributed by atoms with Gasteiger partial charge in [0.1, 0.15) is 6.04 Å². The van der Waals surface area contributed by atoms with Crippen LogP contribution in [0.25, 0.3) is 6.08 Å². The number of likely N-dealkylation sites (tertiary alicyclic amines) is 1. The maximum absolute atomic E-state index is 12.6. The zero-order valence-electron chi connectivity index (χ0n) is 20.2. The number of unbranched alkanes of at least 4 members (excludes halogenated alkanes) is 1. The van der Waals surface area contributed by atoms with Gasteiger partial charge in [-0.2, -0.15) is 0 Å². The summed E-state index contributed by atoms with van der Waals surface area (Å²) in [6.45, 7) is 2.59. The standard InChI is InChI=1S/C24H31Cl2N3O6S/c1-3-4-13-35-24(34)27-14-17(23(32)33)28-22(31)16-9-11-29(12-10-16)19(30)8-6-15-5-7-18(36-2)21(26)20(15)25/h5-8,16-17H,3-4,9-14H2,1-2H3,(H,27,34)(H,28,31)(H,32,33). The van der Waals surface area contributed by atoms with Crippen molar-refractivity contribution in [3.05, 3.63) is 33.8 Å². The molecule has 3 amide bonds. The minimum atomic E-state index is -1.28. The molecule has 36 heavy (non-hydrogen) atoms. The Morgan fingerprint density at radius 3 is 2.53 bits per heavy atom. The summed E-state index contributed by atoms with van der Waals surface area (Å²) in [5.74, 6) is -2.35. The minimum Gasteiger partial charge on any atom is -0.480 e. The summed E-state index contributed by atoms with van der Waals surface area (Å²) >= 11 is 14.0. The Kier molecular flexibility index (Phi) is 12.4. The van der Waals surface area contributed by atoms with Gasteiger partial charge in [0.05, 0.1) is 23.2 Å². The molecule has 1 aliphatic rings. The number of carbonyl (C=O) groups is 4. The average molecular weight is 561 g/mol. The molecule has 1 unspecified atom stereocenters. The Bertz CT molecular complexity index is 983. The van der Waals surface area contributed by atoms with Gasteiger partial charge in [-0.3, -0.25) is 9.59 Å². The van der Waals surface area contributed by atoms with Gasteiger partial charge in [0.25, 0.3) is 0 Å². The van der Waals surface area contributed by atoms with Gasteiger partial charge in [0.15, 0.2) is 0 Å². The number of thioether (sulfide) groups is 1. The Labute approximate surface area is 224 Å².